The second kappa shape index (κ2) is 8.15. The zero-order valence-corrected chi connectivity index (χ0v) is 24.7. The van der Waals surface area contributed by atoms with Gasteiger partial charge in [0, 0.05) is 28.7 Å². The number of nitrogens with one attached hydrogen (secondary N) is 1. The number of carbonyl (C=O) groups is 3. The van der Waals surface area contributed by atoms with Crippen molar-refractivity contribution in [3.63, 3.8) is 0 Å². The molecule has 0 heterocycles. The van der Waals surface area contributed by atoms with Gasteiger partial charge in [0.15, 0.2) is 11.6 Å². The van der Waals surface area contributed by atoms with Crippen LogP contribution in [0.2, 0.25) is 0 Å². The van der Waals surface area contributed by atoms with Gasteiger partial charge in [0.05, 0.1) is 6.57 Å². The van der Waals surface area contributed by atoms with E-state index >= 15 is 0 Å². The van der Waals surface area contributed by atoms with E-state index in [1.807, 2.05) is 32.9 Å². The lowest BCUT2D eigenvalue weighted by Gasteiger charge is -2.69. The van der Waals surface area contributed by atoms with Gasteiger partial charge in [0.1, 0.15) is 0 Å². The Labute approximate surface area is 229 Å². The third-order valence-electron chi connectivity index (χ3n) is 12.6. The molecule has 7 atom stereocenters. The Bertz CT molecular complexity index is 1220. The highest BCUT2D eigenvalue weighted by Crippen LogP contribution is 2.73. The maximum absolute atomic E-state index is 14.5. The molecule has 0 spiro atoms. The van der Waals surface area contributed by atoms with Crippen LogP contribution in [-0.4, -0.2) is 23.0 Å². The van der Waals surface area contributed by atoms with Crippen LogP contribution in [0.15, 0.2) is 23.4 Å². The van der Waals surface area contributed by atoms with Crippen LogP contribution in [0.4, 0.5) is 0 Å². The smallest absolute Gasteiger partial charge is 0.226 e. The largest absolute Gasteiger partial charge is 0.350 e. The molecule has 5 aliphatic carbocycles. The molecule has 0 saturated heterocycles. The minimum atomic E-state index is -0.647. The van der Waals surface area contributed by atoms with Crippen LogP contribution in [0.25, 0.3) is 4.85 Å². The van der Waals surface area contributed by atoms with E-state index in [2.05, 4.69) is 44.8 Å². The third kappa shape index (κ3) is 3.37. The molecule has 206 valence electrons. The van der Waals surface area contributed by atoms with E-state index in [1.165, 1.54) is 0 Å². The van der Waals surface area contributed by atoms with Crippen molar-refractivity contribution in [3.8, 4) is 0 Å². The van der Waals surface area contributed by atoms with Gasteiger partial charge in [-0.05, 0) is 79.1 Å². The molecule has 1 amide bonds. The number of hydrogen-bond donors (Lipinski definition) is 1. The number of rotatable bonds is 2. The van der Waals surface area contributed by atoms with E-state index in [1.54, 1.807) is 0 Å². The molecule has 0 bridgehead atoms. The minimum absolute atomic E-state index is 0.0559. The average molecular weight is 519 g/mol. The van der Waals surface area contributed by atoms with Crippen molar-refractivity contribution in [2.75, 3.05) is 0 Å². The molecule has 0 aromatic heterocycles. The first-order valence-electron chi connectivity index (χ1n) is 14.7. The van der Waals surface area contributed by atoms with Crippen LogP contribution in [0.1, 0.15) is 107 Å². The monoisotopic (exact) mass is 518 g/mol. The van der Waals surface area contributed by atoms with Crippen LogP contribution >= 0.6 is 0 Å². The van der Waals surface area contributed by atoms with Crippen LogP contribution in [0.3, 0.4) is 0 Å². The van der Waals surface area contributed by atoms with E-state index in [9.17, 15) is 14.4 Å². The van der Waals surface area contributed by atoms with Crippen molar-refractivity contribution in [2.24, 2.45) is 44.8 Å². The molecular weight excluding hydrogens is 472 g/mol. The van der Waals surface area contributed by atoms with E-state index in [4.69, 9.17) is 6.57 Å². The summed E-state index contributed by atoms with van der Waals surface area (Å²) in [5.74, 6) is 0.218. The molecule has 3 saturated carbocycles. The zero-order valence-electron chi connectivity index (χ0n) is 24.7. The van der Waals surface area contributed by atoms with Crippen molar-refractivity contribution in [3.05, 3.63) is 34.8 Å². The van der Waals surface area contributed by atoms with Gasteiger partial charge in [0.2, 0.25) is 11.6 Å². The van der Waals surface area contributed by atoms with Gasteiger partial charge >= 0.3 is 0 Å². The summed E-state index contributed by atoms with van der Waals surface area (Å²) in [4.78, 5) is 44.1. The number of fused-ring (bicyclic) bond motifs is 7. The molecule has 5 nitrogen and oxygen atoms in total. The van der Waals surface area contributed by atoms with Gasteiger partial charge in [-0.3, -0.25) is 9.59 Å². The molecule has 38 heavy (non-hydrogen) atoms. The summed E-state index contributed by atoms with van der Waals surface area (Å²) < 4.78 is 0. The summed E-state index contributed by atoms with van der Waals surface area (Å²) in [6.07, 6.45) is 10.9. The fourth-order valence-corrected chi connectivity index (χ4v) is 10.2. The van der Waals surface area contributed by atoms with Crippen LogP contribution in [-0.2, 0) is 14.4 Å². The molecular formula is C33H46N2O3. The van der Waals surface area contributed by atoms with E-state index in [-0.39, 0.29) is 62.7 Å². The molecule has 5 aliphatic rings. The number of hydrogen-bond acceptors (Lipinski definition) is 3. The second-order valence-electron chi connectivity index (χ2n) is 15.3. The van der Waals surface area contributed by atoms with Gasteiger partial charge in [0.25, 0.3) is 0 Å². The zero-order chi connectivity index (χ0) is 28.1. The van der Waals surface area contributed by atoms with Crippen LogP contribution in [0, 0.1) is 51.4 Å². The predicted molar refractivity (Wildman–Crippen MR) is 149 cm³/mol. The number of amides is 1. The maximum Gasteiger partial charge on any atom is 0.226 e. The maximum atomic E-state index is 14.5. The lowest BCUT2D eigenvalue weighted by molar-refractivity contribution is -0.164. The molecule has 0 aromatic rings. The van der Waals surface area contributed by atoms with Gasteiger partial charge < -0.3 is 10.1 Å². The van der Waals surface area contributed by atoms with E-state index in [0.717, 1.165) is 50.5 Å². The van der Waals surface area contributed by atoms with Gasteiger partial charge in [-0.25, -0.2) is 4.85 Å². The molecule has 5 heteroatoms. The van der Waals surface area contributed by atoms with Crippen molar-refractivity contribution in [1.29, 1.82) is 0 Å². The van der Waals surface area contributed by atoms with E-state index in [0.29, 0.717) is 6.42 Å². The SMILES string of the molecule is [C-]#[N+]C1=C[C@]2(C)C3=CC(=O)C4C5CC(C)(C)CC[C@]5(NC(=O)CC)CC[C@@]4(C)[C@]3(C)CC[C@H]2C(C)(C)C1=O. The Morgan fingerprint density at radius 1 is 1.03 bits per heavy atom. The molecule has 1 N–H and O–H groups in total. The third-order valence-corrected chi connectivity index (χ3v) is 12.6. The Balaban J connectivity index is 1.68. The topological polar surface area (TPSA) is 67.6 Å². The number of Topliss-reactive ketones (excluding diaryl/α,β-unsaturated/α-hetero) is 1. The molecule has 5 rings (SSSR count). The minimum Gasteiger partial charge on any atom is -0.350 e. The first-order chi connectivity index (χ1) is 17.5. The summed E-state index contributed by atoms with van der Waals surface area (Å²) in [6, 6.07) is 0. The summed E-state index contributed by atoms with van der Waals surface area (Å²) in [6.45, 7) is 25.1. The number of nitrogens with zero attached hydrogens (tertiary/aromatic N) is 1. The highest BCUT2D eigenvalue weighted by molar-refractivity contribution is 6.03. The highest BCUT2D eigenvalue weighted by Gasteiger charge is 2.69. The van der Waals surface area contributed by atoms with Crippen molar-refractivity contribution >= 4 is 17.5 Å². The molecule has 3 fully saturated rings. The second-order valence-corrected chi connectivity index (χ2v) is 15.3. The van der Waals surface area contributed by atoms with Gasteiger partial charge in [-0.1, -0.05) is 67.0 Å². The van der Waals surface area contributed by atoms with Gasteiger partial charge in [-0.15, -0.1) is 0 Å². The van der Waals surface area contributed by atoms with Crippen molar-refractivity contribution in [2.45, 2.75) is 112 Å². The Morgan fingerprint density at radius 2 is 1.68 bits per heavy atom. The Morgan fingerprint density at radius 3 is 2.32 bits per heavy atom. The lowest BCUT2D eigenvalue weighted by Crippen LogP contribution is -2.69. The summed E-state index contributed by atoms with van der Waals surface area (Å²) in [5, 5.41) is 3.47. The molecule has 0 aliphatic heterocycles. The van der Waals surface area contributed by atoms with Crippen LogP contribution < -0.4 is 5.32 Å². The number of carbonyl (C=O) groups excluding carboxylic acids is 3. The Hall–Kier alpha value is -2.22. The Kier molecular flexibility index (Phi) is 5.87. The summed E-state index contributed by atoms with van der Waals surface area (Å²) in [5.41, 5.74) is -0.473. The van der Waals surface area contributed by atoms with E-state index < -0.39 is 10.8 Å². The lowest BCUT2D eigenvalue weighted by atomic mass is 9.35. The fourth-order valence-electron chi connectivity index (χ4n) is 10.2. The predicted octanol–water partition coefficient (Wildman–Crippen LogP) is 6.84. The van der Waals surface area contributed by atoms with Crippen LogP contribution in [0.5, 0.6) is 0 Å². The normalized spacial score (nSPS) is 44.8. The molecule has 0 radical (unpaired) electrons. The number of ketones is 2. The highest BCUT2D eigenvalue weighted by atomic mass is 16.2. The standard InChI is InChI=1S/C33H46N2O3/c1-10-25(37)35-33-15-13-28(2,3)18-20(33)26-22(36)17-24-30(6)19-21(34-9)27(38)29(4,5)23(30)11-12-31(24,7)32(26,8)14-16-33/h17,19-20,23,26H,10-16,18H2,1-8H3,(H,35,37)/t20?,23-,26?,30-,31+,32+,33-/m0/s1. The first-order valence-corrected chi connectivity index (χ1v) is 14.7. The summed E-state index contributed by atoms with van der Waals surface area (Å²) in [7, 11) is 0. The first kappa shape index (κ1) is 27.4. The quantitative estimate of drug-likeness (QED) is 0.407. The fraction of sp³-hybridized carbons (Fsp3) is 0.758. The van der Waals surface area contributed by atoms with Crippen molar-refractivity contribution < 1.29 is 14.4 Å². The average Bonchev–Trinajstić information content (AvgIpc) is 2.83. The van der Waals surface area contributed by atoms with Gasteiger partial charge in [-0.2, -0.15) is 0 Å². The number of allylic oxidation sites excluding steroid dienone is 4. The summed E-state index contributed by atoms with van der Waals surface area (Å²) >= 11 is 0. The van der Waals surface area contributed by atoms with Crippen molar-refractivity contribution in [1.82, 2.24) is 5.32 Å². The molecule has 0 aromatic carbocycles. The molecule has 2 unspecified atom stereocenters.